The van der Waals surface area contributed by atoms with Crippen molar-refractivity contribution < 1.29 is 0 Å². The summed E-state index contributed by atoms with van der Waals surface area (Å²) in [6, 6.07) is 16.9. The van der Waals surface area contributed by atoms with E-state index in [2.05, 4.69) is 53.1 Å². The topological polar surface area (TPSA) is 6.48 Å². The highest BCUT2D eigenvalue weighted by Gasteiger charge is 2.17. The molecule has 2 nitrogen and oxygen atoms in total. The van der Waals surface area contributed by atoms with Gasteiger partial charge in [0.15, 0.2) is 0 Å². The number of halogens is 1. The molecule has 0 spiro atoms. The number of hydrogen-bond donors (Lipinski definition) is 0. The second-order valence-corrected chi connectivity index (χ2v) is 6.17. The number of aryl methyl sites for hydroxylation is 1. The molecule has 3 heteroatoms. The van der Waals surface area contributed by atoms with Crippen LogP contribution in [0.5, 0.6) is 0 Å². The molecule has 2 aromatic rings. The lowest BCUT2D eigenvalue weighted by molar-refractivity contribution is 0.250. The summed E-state index contributed by atoms with van der Waals surface area (Å²) in [7, 11) is 0. The number of benzene rings is 2. The highest BCUT2D eigenvalue weighted by molar-refractivity contribution is 6.30. The van der Waals surface area contributed by atoms with Crippen LogP contribution in [0.3, 0.4) is 0 Å². The van der Waals surface area contributed by atoms with Crippen LogP contribution < -0.4 is 4.90 Å². The lowest BCUT2D eigenvalue weighted by Crippen LogP contribution is -2.45. The van der Waals surface area contributed by atoms with E-state index in [1.165, 1.54) is 16.8 Å². The minimum absolute atomic E-state index is 0.825. The third-order valence-electron chi connectivity index (χ3n) is 4.03. The lowest BCUT2D eigenvalue weighted by Gasteiger charge is -2.36. The number of rotatable bonds is 3. The highest BCUT2D eigenvalue weighted by Crippen LogP contribution is 2.19. The van der Waals surface area contributed by atoms with E-state index < -0.39 is 0 Å². The van der Waals surface area contributed by atoms with Crippen molar-refractivity contribution in [3.05, 3.63) is 64.7 Å². The Morgan fingerprint density at radius 3 is 2.43 bits per heavy atom. The van der Waals surface area contributed by atoms with E-state index in [1.807, 2.05) is 12.1 Å². The van der Waals surface area contributed by atoms with Gasteiger partial charge in [-0.15, -0.1) is 0 Å². The van der Waals surface area contributed by atoms with Gasteiger partial charge in [0, 0.05) is 43.4 Å². The molecule has 0 N–H and O–H groups in total. The fourth-order valence-electron chi connectivity index (χ4n) is 2.88. The lowest BCUT2D eigenvalue weighted by atomic mass is 10.1. The third kappa shape index (κ3) is 3.78. The van der Waals surface area contributed by atoms with Crippen molar-refractivity contribution in [1.29, 1.82) is 0 Å². The summed E-state index contributed by atoms with van der Waals surface area (Å²) in [4.78, 5) is 4.97. The Hall–Kier alpha value is -1.51. The zero-order valence-electron chi connectivity index (χ0n) is 12.4. The quantitative estimate of drug-likeness (QED) is 0.846. The van der Waals surface area contributed by atoms with Gasteiger partial charge in [-0.2, -0.15) is 0 Å². The van der Waals surface area contributed by atoms with E-state index >= 15 is 0 Å². The van der Waals surface area contributed by atoms with Crippen LogP contribution in [0.2, 0.25) is 5.02 Å². The maximum absolute atomic E-state index is 6.05. The normalized spacial score (nSPS) is 16.2. The largest absolute Gasteiger partial charge is 0.369 e. The Morgan fingerprint density at radius 1 is 0.952 bits per heavy atom. The van der Waals surface area contributed by atoms with E-state index in [4.69, 9.17) is 11.6 Å². The third-order valence-corrected chi connectivity index (χ3v) is 4.27. The van der Waals surface area contributed by atoms with Crippen molar-refractivity contribution in [2.75, 3.05) is 31.1 Å². The summed E-state index contributed by atoms with van der Waals surface area (Å²) >= 11 is 6.05. The second-order valence-electron chi connectivity index (χ2n) is 5.73. The van der Waals surface area contributed by atoms with Gasteiger partial charge in [-0.1, -0.05) is 35.9 Å². The van der Waals surface area contributed by atoms with Gasteiger partial charge in [-0.05, 0) is 42.3 Å². The van der Waals surface area contributed by atoms with Gasteiger partial charge in [0.2, 0.25) is 0 Å². The highest BCUT2D eigenvalue weighted by atomic mass is 35.5. The average molecular weight is 301 g/mol. The maximum atomic E-state index is 6.05. The molecule has 0 radical (unpaired) electrons. The van der Waals surface area contributed by atoms with Gasteiger partial charge >= 0.3 is 0 Å². The molecule has 0 unspecified atom stereocenters. The molecule has 3 rings (SSSR count). The van der Waals surface area contributed by atoms with Crippen LogP contribution in [0, 0.1) is 6.92 Å². The first-order chi connectivity index (χ1) is 10.2. The Labute approximate surface area is 131 Å². The summed E-state index contributed by atoms with van der Waals surface area (Å²) in [5, 5.41) is 0.825. The van der Waals surface area contributed by atoms with E-state index in [1.54, 1.807) is 0 Å². The summed E-state index contributed by atoms with van der Waals surface area (Å²) in [6.45, 7) is 7.51. The molecule has 0 amide bonds. The molecule has 21 heavy (non-hydrogen) atoms. The van der Waals surface area contributed by atoms with Gasteiger partial charge < -0.3 is 4.90 Å². The summed E-state index contributed by atoms with van der Waals surface area (Å²) in [5.74, 6) is 0. The standard InChI is InChI=1S/C18H21ClN2/c1-15-4-2-7-18(12-15)21-10-8-20(9-11-21)14-16-5-3-6-17(19)13-16/h2-7,12-13H,8-11,14H2,1H3. The molecule has 1 aliphatic heterocycles. The van der Waals surface area contributed by atoms with Crippen LogP contribution in [0.25, 0.3) is 0 Å². The SMILES string of the molecule is Cc1cccc(N2CCN(Cc3cccc(Cl)c3)CC2)c1. The molecule has 1 fully saturated rings. The van der Waals surface area contributed by atoms with Crippen LogP contribution in [0.4, 0.5) is 5.69 Å². The summed E-state index contributed by atoms with van der Waals surface area (Å²) < 4.78 is 0. The predicted molar refractivity (Wildman–Crippen MR) is 90.1 cm³/mol. The zero-order chi connectivity index (χ0) is 14.7. The monoisotopic (exact) mass is 300 g/mol. The molecule has 1 saturated heterocycles. The van der Waals surface area contributed by atoms with Crippen molar-refractivity contribution in [3.63, 3.8) is 0 Å². The molecule has 110 valence electrons. The minimum atomic E-state index is 0.825. The number of hydrogen-bond acceptors (Lipinski definition) is 2. The molecule has 1 aliphatic rings. The second kappa shape index (κ2) is 6.50. The molecule has 0 saturated carbocycles. The summed E-state index contributed by atoms with van der Waals surface area (Å²) in [6.07, 6.45) is 0. The van der Waals surface area contributed by atoms with Crippen LogP contribution in [0.15, 0.2) is 48.5 Å². The van der Waals surface area contributed by atoms with Crippen molar-refractivity contribution >= 4 is 17.3 Å². The first kappa shape index (κ1) is 14.4. The van der Waals surface area contributed by atoms with Gasteiger partial charge in [-0.25, -0.2) is 0 Å². The molecule has 0 atom stereocenters. The molecule has 2 aromatic carbocycles. The average Bonchev–Trinajstić information content (AvgIpc) is 2.48. The van der Waals surface area contributed by atoms with Crippen LogP contribution in [-0.4, -0.2) is 31.1 Å². The fraction of sp³-hybridized carbons (Fsp3) is 0.333. The van der Waals surface area contributed by atoms with Crippen molar-refractivity contribution in [2.24, 2.45) is 0 Å². The molecule has 0 aliphatic carbocycles. The Bertz CT molecular complexity index is 604. The van der Waals surface area contributed by atoms with Gasteiger partial charge in [0.05, 0.1) is 0 Å². The molecule has 0 bridgehead atoms. The van der Waals surface area contributed by atoms with Gasteiger partial charge in [0.25, 0.3) is 0 Å². The molecule has 0 aromatic heterocycles. The molecule has 1 heterocycles. The van der Waals surface area contributed by atoms with Crippen LogP contribution in [-0.2, 0) is 6.54 Å². The van der Waals surface area contributed by atoms with E-state index in [-0.39, 0.29) is 0 Å². The molecular weight excluding hydrogens is 280 g/mol. The first-order valence-corrected chi connectivity index (χ1v) is 7.87. The van der Waals surface area contributed by atoms with Gasteiger partial charge in [-0.3, -0.25) is 4.90 Å². The Balaban J connectivity index is 1.58. The van der Waals surface area contributed by atoms with E-state index in [0.717, 1.165) is 37.7 Å². The predicted octanol–water partition coefficient (Wildman–Crippen LogP) is 3.97. The van der Waals surface area contributed by atoms with Crippen molar-refractivity contribution in [2.45, 2.75) is 13.5 Å². The van der Waals surface area contributed by atoms with Crippen LogP contribution in [0.1, 0.15) is 11.1 Å². The van der Waals surface area contributed by atoms with E-state index in [9.17, 15) is 0 Å². The van der Waals surface area contributed by atoms with Crippen molar-refractivity contribution in [1.82, 2.24) is 4.90 Å². The first-order valence-electron chi connectivity index (χ1n) is 7.49. The van der Waals surface area contributed by atoms with Gasteiger partial charge in [0.1, 0.15) is 0 Å². The summed E-state index contributed by atoms with van der Waals surface area (Å²) in [5.41, 5.74) is 3.97. The number of nitrogens with zero attached hydrogens (tertiary/aromatic N) is 2. The smallest absolute Gasteiger partial charge is 0.0409 e. The Kier molecular flexibility index (Phi) is 4.47. The zero-order valence-corrected chi connectivity index (χ0v) is 13.2. The van der Waals surface area contributed by atoms with Crippen molar-refractivity contribution in [3.8, 4) is 0 Å². The maximum Gasteiger partial charge on any atom is 0.0409 e. The minimum Gasteiger partial charge on any atom is -0.369 e. The fourth-order valence-corrected chi connectivity index (χ4v) is 3.10. The Morgan fingerprint density at radius 2 is 1.71 bits per heavy atom. The number of anilines is 1. The molecular formula is C18H21ClN2. The van der Waals surface area contributed by atoms with Crippen LogP contribution >= 0.6 is 11.6 Å². The number of piperazine rings is 1. The van der Waals surface area contributed by atoms with E-state index in [0.29, 0.717) is 0 Å².